The molecule has 4 nitrogen and oxygen atoms in total. The molecule has 0 aromatic heterocycles. The summed E-state index contributed by atoms with van der Waals surface area (Å²) in [6, 6.07) is 14.5. The Kier molecular flexibility index (Phi) is 6.83. The van der Waals surface area contributed by atoms with E-state index in [4.69, 9.17) is 0 Å². The van der Waals surface area contributed by atoms with Gasteiger partial charge in [-0.25, -0.2) is 12.8 Å². The molecule has 1 fully saturated rings. The average molecular weight is 404 g/mol. The van der Waals surface area contributed by atoms with Gasteiger partial charge >= 0.3 is 0 Å². The zero-order valence-electron chi connectivity index (χ0n) is 15.9. The van der Waals surface area contributed by atoms with Gasteiger partial charge in [0.05, 0.1) is 10.6 Å². The molecule has 150 valence electrons. The van der Waals surface area contributed by atoms with Gasteiger partial charge < -0.3 is 4.90 Å². The van der Waals surface area contributed by atoms with E-state index < -0.39 is 9.84 Å². The van der Waals surface area contributed by atoms with E-state index in [-0.39, 0.29) is 34.8 Å². The van der Waals surface area contributed by atoms with Crippen LogP contribution in [0.5, 0.6) is 0 Å². The van der Waals surface area contributed by atoms with Crippen molar-refractivity contribution in [3.8, 4) is 0 Å². The molecule has 3 rings (SSSR count). The van der Waals surface area contributed by atoms with Crippen molar-refractivity contribution >= 4 is 15.7 Å². The molecule has 0 radical (unpaired) electrons. The minimum Gasteiger partial charge on any atom is -0.335 e. The molecule has 0 saturated heterocycles. The number of benzene rings is 2. The van der Waals surface area contributed by atoms with E-state index in [1.54, 1.807) is 47.4 Å². The van der Waals surface area contributed by atoms with Gasteiger partial charge in [0.1, 0.15) is 5.82 Å². The predicted molar refractivity (Wildman–Crippen MR) is 107 cm³/mol. The van der Waals surface area contributed by atoms with E-state index in [1.165, 1.54) is 12.1 Å². The Morgan fingerprint density at radius 3 is 2.25 bits per heavy atom. The summed E-state index contributed by atoms with van der Waals surface area (Å²) in [5, 5.41) is 0. The van der Waals surface area contributed by atoms with E-state index in [0.717, 1.165) is 37.7 Å². The van der Waals surface area contributed by atoms with Crippen LogP contribution in [0.3, 0.4) is 0 Å². The normalized spacial score (nSPS) is 15.3. The van der Waals surface area contributed by atoms with Gasteiger partial charge in [-0.1, -0.05) is 49.6 Å². The van der Waals surface area contributed by atoms with Crippen LogP contribution >= 0.6 is 0 Å². The lowest BCUT2D eigenvalue weighted by molar-refractivity contribution is -0.134. The van der Waals surface area contributed by atoms with Gasteiger partial charge in [0, 0.05) is 19.0 Å². The molecule has 2 aromatic rings. The van der Waals surface area contributed by atoms with Crippen LogP contribution < -0.4 is 0 Å². The van der Waals surface area contributed by atoms with Crippen LogP contribution in [0.1, 0.15) is 44.1 Å². The number of carbonyl (C=O) groups excluding carboxylic acids is 1. The van der Waals surface area contributed by atoms with E-state index in [2.05, 4.69) is 0 Å². The average Bonchev–Trinajstić information content (AvgIpc) is 2.73. The molecule has 0 heterocycles. The number of carbonyl (C=O) groups is 1. The summed E-state index contributed by atoms with van der Waals surface area (Å²) < 4.78 is 38.2. The van der Waals surface area contributed by atoms with Gasteiger partial charge in [0.25, 0.3) is 0 Å². The molecule has 0 aliphatic heterocycles. The minimum absolute atomic E-state index is 0.0467. The number of halogens is 1. The Bertz CT molecular complexity index is 876. The molecule has 0 spiro atoms. The summed E-state index contributed by atoms with van der Waals surface area (Å²) in [5.74, 6) is -0.674. The molecule has 0 N–H and O–H groups in total. The van der Waals surface area contributed by atoms with Crippen molar-refractivity contribution in [2.45, 2.75) is 56.0 Å². The van der Waals surface area contributed by atoms with Crippen molar-refractivity contribution in [3.05, 3.63) is 66.0 Å². The highest BCUT2D eigenvalue weighted by atomic mass is 32.2. The molecule has 2 aromatic carbocycles. The van der Waals surface area contributed by atoms with Crippen molar-refractivity contribution in [1.82, 2.24) is 4.90 Å². The van der Waals surface area contributed by atoms with Gasteiger partial charge in [-0.3, -0.25) is 4.79 Å². The summed E-state index contributed by atoms with van der Waals surface area (Å²) in [7, 11) is -3.50. The van der Waals surface area contributed by atoms with Crippen LogP contribution in [-0.2, 0) is 21.2 Å². The van der Waals surface area contributed by atoms with Crippen LogP contribution in [0.15, 0.2) is 59.5 Å². The fourth-order valence-corrected chi connectivity index (χ4v) is 4.96. The van der Waals surface area contributed by atoms with Crippen molar-refractivity contribution in [3.63, 3.8) is 0 Å². The predicted octanol–water partition coefficient (Wildman–Crippen LogP) is 4.35. The first-order valence-corrected chi connectivity index (χ1v) is 11.4. The maximum atomic E-state index is 13.2. The van der Waals surface area contributed by atoms with E-state index >= 15 is 0 Å². The number of nitrogens with zero attached hydrogens (tertiary/aromatic N) is 1. The third-order valence-electron chi connectivity index (χ3n) is 5.29. The van der Waals surface area contributed by atoms with Gasteiger partial charge in [0.15, 0.2) is 9.84 Å². The molecule has 1 aliphatic rings. The summed E-state index contributed by atoms with van der Waals surface area (Å²) in [6.07, 6.45) is 5.11. The first-order valence-electron chi connectivity index (χ1n) is 9.77. The third kappa shape index (κ3) is 5.41. The highest BCUT2D eigenvalue weighted by molar-refractivity contribution is 7.91. The zero-order chi connectivity index (χ0) is 20.0. The number of amides is 1. The van der Waals surface area contributed by atoms with Crippen LogP contribution in [0, 0.1) is 5.82 Å². The maximum absolute atomic E-state index is 13.2. The topological polar surface area (TPSA) is 54.5 Å². The third-order valence-corrected chi connectivity index (χ3v) is 7.02. The van der Waals surface area contributed by atoms with Crippen LogP contribution in [-0.4, -0.2) is 31.0 Å². The van der Waals surface area contributed by atoms with Gasteiger partial charge in [-0.15, -0.1) is 0 Å². The van der Waals surface area contributed by atoms with Crippen molar-refractivity contribution in [1.29, 1.82) is 0 Å². The summed E-state index contributed by atoms with van der Waals surface area (Å²) in [5.41, 5.74) is 0.853. The Labute approximate surface area is 166 Å². The summed E-state index contributed by atoms with van der Waals surface area (Å²) in [6.45, 7) is 0.384. The van der Waals surface area contributed by atoms with Crippen LogP contribution in [0.2, 0.25) is 0 Å². The van der Waals surface area contributed by atoms with Crippen molar-refractivity contribution in [2.24, 2.45) is 0 Å². The molecule has 0 unspecified atom stereocenters. The van der Waals surface area contributed by atoms with Gasteiger partial charge in [-0.05, 0) is 42.7 Å². The maximum Gasteiger partial charge on any atom is 0.224 e. The molecule has 1 amide bonds. The second kappa shape index (κ2) is 9.32. The summed E-state index contributed by atoms with van der Waals surface area (Å²) in [4.78, 5) is 15.0. The number of hydrogen-bond acceptors (Lipinski definition) is 3. The first-order chi connectivity index (χ1) is 13.5. The largest absolute Gasteiger partial charge is 0.335 e. The lowest BCUT2D eigenvalue weighted by Crippen LogP contribution is -2.41. The highest BCUT2D eigenvalue weighted by Crippen LogP contribution is 2.25. The molecular weight excluding hydrogens is 377 g/mol. The lowest BCUT2D eigenvalue weighted by atomic mass is 9.93. The number of hydrogen-bond donors (Lipinski definition) is 0. The van der Waals surface area contributed by atoms with E-state index in [1.807, 2.05) is 0 Å². The SMILES string of the molecule is O=C(CCS(=O)(=O)c1ccccc1)N(Cc1ccc(F)cc1)C1CCCCC1. The van der Waals surface area contributed by atoms with Crippen LogP contribution in [0.25, 0.3) is 0 Å². The molecule has 6 heteroatoms. The minimum atomic E-state index is -3.50. The Morgan fingerprint density at radius 1 is 0.964 bits per heavy atom. The quantitative estimate of drug-likeness (QED) is 0.691. The van der Waals surface area contributed by atoms with Crippen molar-refractivity contribution < 1.29 is 17.6 Å². The second-order valence-corrected chi connectivity index (χ2v) is 9.43. The molecule has 0 bridgehead atoms. The number of rotatable bonds is 7. The monoisotopic (exact) mass is 403 g/mol. The second-order valence-electron chi connectivity index (χ2n) is 7.32. The Morgan fingerprint density at radius 2 is 1.61 bits per heavy atom. The Hall–Kier alpha value is -2.21. The zero-order valence-corrected chi connectivity index (χ0v) is 16.7. The Balaban J connectivity index is 1.71. The van der Waals surface area contributed by atoms with Crippen molar-refractivity contribution in [2.75, 3.05) is 5.75 Å². The van der Waals surface area contributed by atoms with Gasteiger partial charge in [0.2, 0.25) is 5.91 Å². The molecule has 1 saturated carbocycles. The fraction of sp³-hybridized carbons (Fsp3) is 0.409. The first kappa shape index (κ1) is 20.5. The number of sulfone groups is 1. The van der Waals surface area contributed by atoms with E-state index in [9.17, 15) is 17.6 Å². The lowest BCUT2D eigenvalue weighted by Gasteiger charge is -2.34. The molecular formula is C22H26FNO3S. The van der Waals surface area contributed by atoms with Crippen LogP contribution in [0.4, 0.5) is 4.39 Å². The van der Waals surface area contributed by atoms with Gasteiger partial charge in [-0.2, -0.15) is 0 Å². The standard InChI is InChI=1S/C22H26FNO3S/c23-19-13-11-18(12-14-19)17-24(20-7-3-1-4-8-20)22(25)15-16-28(26,27)21-9-5-2-6-10-21/h2,5-6,9-14,20H,1,3-4,7-8,15-17H2. The highest BCUT2D eigenvalue weighted by Gasteiger charge is 2.27. The fourth-order valence-electron chi connectivity index (χ4n) is 3.71. The molecule has 1 aliphatic carbocycles. The molecule has 0 atom stereocenters. The summed E-state index contributed by atoms with van der Waals surface area (Å²) >= 11 is 0. The molecule has 28 heavy (non-hydrogen) atoms. The smallest absolute Gasteiger partial charge is 0.224 e. The van der Waals surface area contributed by atoms with E-state index in [0.29, 0.717) is 6.54 Å².